The monoisotopic (exact) mass is 329 g/mol. The zero-order chi connectivity index (χ0) is 17.6. The molecular weight excluding hydrogens is 312 g/mol. The molecule has 0 aromatic carbocycles. The average molecular weight is 329 g/mol. The third-order valence-corrected chi connectivity index (χ3v) is 1.85. The van der Waals surface area contributed by atoms with Crippen LogP contribution in [0.15, 0.2) is 0 Å². The van der Waals surface area contributed by atoms with E-state index in [9.17, 15) is 36.2 Å². The molecule has 11 heteroatoms. The molecule has 0 aliphatic carbocycles. The van der Waals surface area contributed by atoms with E-state index in [0.717, 1.165) is 0 Å². The van der Waals surface area contributed by atoms with Crippen molar-refractivity contribution in [2.24, 2.45) is 0 Å². The van der Waals surface area contributed by atoms with Gasteiger partial charge in [0, 0.05) is 12.4 Å². The first kappa shape index (κ1) is 22.2. The molecule has 0 aromatic heterocycles. The van der Waals surface area contributed by atoms with E-state index in [2.05, 4.69) is 0 Å². The van der Waals surface area contributed by atoms with E-state index in [4.69, 9.17) is 10.2 Å². The third kappa shape index (κ3) is 10.3. The second kappa shape index (κ2) is 7.80. The number of likely N-dealkylation sites (N-methyl/N-ethyl adjacent to an activating group) is 1. The van der Waals surface area contributed by atoms with Gasteiger partial charge in [0.05, 0.1) is 21.1 Å². The number of carbonyl (C=O) groups excluding carboxylic acids is 1. The lowest BCUT2D eigenvalue weighted by molar-refractivity contribution is -0.873. The molecule has 0 saturated carbocycles. The van der Waals surface area contributed by atoms with Gasteiger partial charge in [-0.25, -0.2) is 8.78 Å². The van der Waals surface area contributed by atoms with Crippen molar-refractivity contribution in [1.82, 2.24) is 0 Å². The van der Waals surface area contributed by atoms with Crippen molar-refractivity contribution in [3.05, 3.63) is 0 Å². The highest BCUT2D eigenvalue weighted by molar-refractivity contribution is 5.64. The quantitative estimate of drug-likeness (QED) is 0.534. The van der Waals surface area contributed by atoms with Crippen molar-refractivity contribution in [3.8, 4) is 0 Å². The van der Waals surface area contributed by atoms with E-state index >= 15 is 0 Å². The first-order chi connectivity index (χ1) is 9.00. The number of rotatable bonds is 5. The number of halogens is 6. The number of carboxylic acid groups (broad SMARTS) is 1. The van der Waals surface area contributed by atoms with Crippen molar-refractivity contribution in [2.75, 3.05) is 27.7 Å². The Bertz CT molecular complexity index is 326. The third-order valence-electron chi connectivity index (χ3n) is 1.85. The molecule has 2 N–H and O–H groups in total. The first-order valence-electron chi connectivity index (χ1n) is 5.45. The molecule has 0 rings (SSSR count). The number of carbonyl (C=O) groups is 1. The molecule has 0 bridgehead atoms. The highest BCUT2D eigenvalue weighted by Gasteiger charge is 2.62. The Kier molecular flexibility index (Phi) is 8.25. The normalized spacial score (nSPS) is 16.8. The maximum Gasteiger partial charge on any atom is 0.454 e. The van der Waals surface area contributed by atoms with Gasteiger partial charge in [0.15, 0.2) is 0 Å². The molecule has 2 unspecified atom stereocenters. The summed E-state index contributed by atoms with van der Waals surface area (Å²) in [5.74, 6) is -6.60. The van der Waals surface area contributed by atoms with Crippen LogP contribution in [-0.4, -0.2) is 72.9 Å². The van der Waals surface area contributed by atoms with Crippen LogP contribution in [0.5, 0.6) is 0 Å². The maximum atomic E-state index is 11.4. The zero-order valence-corrected chi connectivity index (χ0v) is 11.5. The number of alkyl halides is 6. The van der Waals surface area contributed by atoms with Gasteiger partial charge in [-0.3, -0.25) is 0 Å². The molecule has 0 heterocycles. The van der Waals surface area contributed by atoms with Crippen molar-refractivity contribution >= 4 is 5.97 Å². The van der Waals surface area contributed by atoms with Crippen LogP contribution in [0.2, 0.25) is 0 Å². The number of nitrogens with zero attached hydrogens (tertiary/aromatic N) is 1. The summed E-state index contributed by atoms with van der Waals surface area (Å²) in [6.45, 7) is 0.425. The second-order valence-electron chi connectivity index (χ2n) is 5.17. The smallest absolute Gasteiger partial charge is 0.454 e. The minimum absolute atomic E-state index is 0.282. The largest absolute Gasteiger partial charge is 0.550 e. The molecule has 0 fully saturated rings. The van der Waals surface area contributed by atoms with Crippen molar-refractivity contribution in [2.45, 2.75) is 31.0 Å². The van der Waals surface area contributed by atoms with E-state index in [1.807, 2.05) is 21.1 Å². The van der Waals surface area contributed by atoms with Gasteiger partial charge in [-0.05, 0) is 0 Å². The number of aliphatic carboxylic acids is 1. The molecular formula is C10H17F6NO4. The Hall–Kier alpha value is -1.07. The van der Waals surface area contributed by atoms with Gasteiger partial charge < -0.3 is 24.6 Å². The molecule has 0 aliphatic rings. The topological polar surface area (TPSA) is 80.6 Å². The zero-order valence-electron chi connectivity index (χ0n) is 11.5. The Morgan fingerprint density at radius 3 is 1.71 bits per heavy atom. The van der Waals surface area contributed by atoms with Crippen LogP contribution in [0, 0.1) is 0 Å². The van der Waals surface area contributed by atoms with Crippen LogP contribution in [0.4, 0.5) is 26.3 Å². The summed E-state index contributed by atoms with van der Waals surface area (Å²) >= 11 is 0. The van der Waals surface area contributed by atoms with E-state index in [1.54, 1.807) is 0 Å². The molecule has 0 aliphatic heterocycles. The number of aliphatic hydroxyl groups is 2. The lowest BCUT2D eigenvalue weighted by atomic mass is 10.2. The molecule has 0 spiro atoms. The van der Waals surface area contributed by atoms with Gasteiger partial charge in [-0.15, -0.1) is 0 Å². The Morgan fingerprint density at radius 1 is 1.19 bits per heavy atom. The molecule has 0 aromatic rings. The Labute approximate surface area is 117 Å². The van der Waals surface area contributed by atoms with Crippen LogP contribution < -0.4 is 5.11 Å². The second-order valence-corrected chi connectivity index (χ2v) is 5.17. The van der Waals surface area contributed by atoms with Gasteiger partial charge in [-0.1, -0.05) is 0 Å². The van der Waals surface area contributed by atoms with Crippen molar-refractivity contribution < 1.29 is 50.9 Å². The summed E-state index contributed by atoms with van der Waals surface area (Å²) in [6.07, 6.45) is -11.5. The van der Waals surface area contributed by atoms with Gasteiger partial charge >= 0.3 is 18.5 Å². The summed E-state index contributed by atoms with van der Waals surface area (Å²) in [6, 6.07) is 0. The minimum Gasteiger partial charge on any atom is -0.550 e. The molecule has 0 radical (unpaired) electrons. The molecule has 0 saturated heterocycles. The number of aliphatic hydroxyl groups excluding tert-OH is 1. The van der Waals surface area contributed by atoms with Gasteiger partial charge in [0.2, 0.25) is 0 Å². The molecule has 2 atom stereocenters. The van der Waals surface area contributed by atoms with E-state index < -0.39 is 30.5 Å². The molecule has 5 nitrogen and oxygen atoms in total. The SMILES string of the molecule is C[N+](C)(C)CC(O)CC(=O)[O-].OC(F)(C(F)F)C(F)(F)F. The summed E-state index contributed by atoms with van der Waals surface area (Å²) in [4.78, 5) is 10.0. The molecule has 128 valence electrons. The summed E-state index contributed by atoms with van der Waals surface area (Å²) in [5, 5.41) is 26.5. The predicted octanol–water partition coefficient (Wildman–Crippen LogP) is -0.335. The number of carboxylic acids is 1. The first-order valence-corrected chi connectivity index (χ1v) is 5.45. The fourth-order valence-electron chi connectivity index (χ4n) is 1.01. The van der Waals surface area contributed by atoms with Crippen molar-refractivity contribution in [3.63, 3.8) is 0 Å². The minimum atomic E-state index is -5.94. The summed E-state index contributed by atoms with van der Waals surface area (Å²) in [7, 11) is 5.66. The van der Waals surface area contributed by atoms with Crippen LogP contribution in [0.3, 0.4) is 0 Å². The van der Waals surface area contributed by atoms with Gasteiger partial charge in [-0.2, -0.15) is 17.6 Å². The van der Waals surface area contributed by atoms with Crippen molar-refractivity contribution in [1.29, 1.82) is 0 Å². The highest BCUT2D eigenvalue weighted by atomic mass is 19.4. The lowest BCUT2D eigenvalue weighted by Gasteiger charge is -2.26. The lowest BCUT2D eigenvalue weighted by Crippen LogP contribution is -2.47. The Morgan fingerprint density at radius 2 is 1.57 bits per heavy atom. The molecule has 0 amide bonds. The standard InChI is InChI=1S/C7H15NO3.C3H2F6O/c1-8(2,3)5-6(9)4-7(10)11;4-1(5)2(6,10)3(7,8)9/h6,9H,4-5H2,1-3H3;1,10H. The molecule has 21 heavy (non-hydrogen) atoms. The number of quaternary nitrogens is 1. The summed E-state index contributed by atoms with van der Waals surface area (Å²) in [5.41, 5.74) is 0. The van der Waals surface area contributed by atoms with Gasteiger partial charge in [0.25, 0.3) is 0 Å². The van der Waals surface area contributed by atoms with E-state index in [1.165, 1.54) is 0 Å². The maximum absolute atomic E-state index is 11.4. The summed E-state index contributed by atoms with van der Waals surface area (Å²) < 4.78 is 66.8. The average Bonchev–Trinajstić information content (AvgIpc) is 2.11. The number of hydrogen-bond acceptors (Lipinski definition) is 4. The van der Waals surface area contributed by atoms with Crippen LogP contribution >= 0.6 is 0 Å². The highest BCUT2D eigenvalue weighted by Crippen LogP contribution is 2.36. The predicted molar refractivity (Wildman–Crippen MR) is 56.6 cm³/mol. The van der Waals surface area contributed by atoms with E-state index in [0.29, 0.717) is 11.0 Å². The van der Waals surface area contributed by atoms with E-state index in [-0.39, 0.29) is 6.42 Å². The van der Waals surface area contributed by atoms with Gasteiger partial charge in [0.1, 0.15) is 12.6 Å². The Balaban J connectivity index is 0. The fraction of sp³-hybridized carbons (Fsp3) is 0.900. The van der Waals surface area contributed by atoms with Crippen LogP contribution in [0.25, 0.3) is 0 Å². The fourth-order valence-corrected chi connectivity index (χ4v) is 1.01. The van der Waals surface area contributed by atoms with Crippen LogP contribution in [0.1, 0.15) is 6.42 Å². The number of hydrogen-bond donors (Lipinski definition) is 2. The van der Waals surface area contributed by atoms with Crippen LogP contribution in [-0.2, 0) is 4.79 Å².